The zero-order valence-corrected chi connectivity index (χ0v) is 11.5. The number of hydrogen-bond donors (Lipinski definition) is 0. The molecule has 0 aromatic heterocycles. The maximum absolute atomic E-state index is 6.19. The minimum atomic E-state index is 0.423. The topological polar surface area (TPSA) is 0 Å². The molecule has 2 atom stereocenters. The van der Waals surface area contributed by atoms with Gasteiger partial charge in [-0.2, -0.15) is 0 Å². The summed E-state index contributed by atoms with van der Waals surface area (Å²) in [6.07, 6.45) is 9.65. The van der Waals surface area contributed by atoms with Crippen molar-refractivity contribution in [3.8, 4) is 0 Å². The van der Waals surface area contributed by atoms with E-state index in [1.54, 1.807) is 0 Å². The second kappa shape index (κ2) is 4.48. The molecule has 2 heteroatoms. The van der Waals surface area contributed by atoms with Crippen LogP contribution in [-0.4, -0.2) is 0 Å². The van der Waals surface area contributed by atoms with Crippen LogP contribution in [0.1, 0.15) is 50.5 Å². The molecular formula is C15H18Cl2. The first-order valence-electron chi connectivity index (χ1n) is 6.68. The summed E-state index contributed by atoms with van der Waals surface area (Å²) in [7, 11) is 0. The van der Waals surface area contributed by atoms with Crippen molar-refractivity contribution < 1.29 is 0 Å². The monoisotopic (exact) mass is 268 g/mol. The lowest BCUT2D eigenvalue weighted by Crippen LogP contribution is -2.33. The van der Waals surface area contributed by atoms with E-state index >= 15 is 0 Å². The van der Waals surface area contributed by atoms with Crippen molar-refractivity contribution >= 4 is 23.2 Å². The molecule has 0 amide bonds. The molecule has 2 aliphatic carbocycles. The molecular weight excluding hydrogens is 251 g/mol. The van der Waals surface area contributed by atoms with Gasteiger partial charge < -0.3 is 0 Å². The molecule has 0 spiro atoms. The van der Waals surface area contributed by atoms with Crippen molar-refractivity contribution in [1.82, 2.24) is 0 Å². The minimum Gasteiger partial charge on any atom is -0.0827 e. The van der Waals surface area contributed by atoms with Gasteiger partial charge in [0.15, 0.2) is 0 Å². The third-order valence-electron chi connectivity index (χ3n) is 4.88. The number of benzene rings is 1. The Morgan fingerprint density at radius 3 is 2.53 bits per heavy atom. The Labute approximate surface area is 113 Å². The molecule has 0 bridgehead atoms. The summed E-state index contributed by atoms with van der Waals surface area (Å²) in [5.74, 6) is 0.883. The normalized spacial score (nSPS) is 32.5. The quantitative estimate of drug-likeness (QED) is 0.622. The van der Waals surface area contributed by atoms with Crippen molar-refractivity contribution in [3.63, 3.8) is 0 Å². The standard InChI is InChI=1S/C15H18Cl2/c16-13-7-6-12(10-14(13)17)15-8-2-1-4-11(15)5-3-9-15/h6-7,10-11H,1-5,8-9H2/t11-,15-/m1/s1. The zero-order chi connectivity index (χ0) is 11.9. The van der Waals surface area contributed by atoms with E-state index < -0.39 is 0 Å². The van der Waals surface area contributed by atoms with Gasteiger partial charge in [-0.3, -0.25) is 0 Å². The number of halogens is 2. The van der Waals surface area contributed by atoms with Crippen LogP contribution in [0.3, 0.4) is 0 Å². The third-order valence-corrected chi connectivity index (χ3v) is 5.62. The van der Waals surface area contributed by atoms with E-state index in [-0.39, 0.29) is 0 Å². The molecule has 92 valence electrons. The Balaban J connectivity index is 2.02. The van der Waals surface area contributed by atoms with Crippen LogP contribution in [0.4, 0.5) is 0 Å². The minimum absolute atomic E-state index is 0.423. The first-order chi connectivity index (χ1) is 8.22. The molecule has 0 saturated heterocycles. The second-order valence-electron chi connectivity index (χ2n) is 5.62. The van der Waals surface area contributed by atoms with E-state index in [1.807, 2.05) is 6.07 Å². The third kappa shape index (κ3) is 1.90. The fourth-order valence-electron chi connectivity index (χ4n) is 4.06. The molecule has 1 aromatic carbocycles. The van der Waals surface area contributed by atoms with Crippen LogP contribution in [0.2, 0.25) is 10.0 Å². The summed E-state index contributed by atoms with van der Waals surface area (Å²) in [4.78, 5) is 0. The van der Waals surface area contributed by atoms with Crippen molar-refractivity contribution in [2.24, 2.45) is 5.92 Å². The van der Waals surface area contributed by atoms with E-state index in [1.165, 1.54) is 50.5 Å². The van der Waals surface area contributed by atoms with Crippen molar-refractivity contribution in [2.45, 2.75) is 50.4 Å². The Morgan fingerprint density at radius 2 is 1.71 bits per heavy atom. The summed E-state index contributed by atoms with van der Waals surface area (Å²) in [6.45, 7) is 0. The number of fused-ring (bicyclic) bond motifs is 1. The molecule has 0 nitrogen and oxygen atoms in total. The van der Waals surface area contributed by atoms with E-state index in [2.05, 4.69) is 12.1 Å². The number of rotatable bonds is 1. The summed E-state index contributed by atoms with van der Waals surface area (Å²) in [6, 6.07) is 6.29. The van der Waals surface area contributed by atoms with Gasteiger partial charge in [0.25, 0.3) is 0 Å². The van der Waals surface area contributed by atoms with Crippen LogP contribution < -0.4 is 0 Å². The van der Waals surface area contributed by atoms with Gasteiger partial charge in [0.1, 0.15) is 0 Å². The first-order valence-corrected chi connectivity index (χ1v) is 7.43. The predicted molar refractivity (Wildman–Crippen MR) is 73.9 cm³/mol. The fourth-order valence-corrected chi connectivity index (χ4v) is 4.35. The lowest BCUT2D eigenvalue weighted by atomic mass is 9.64. The van der Waals surface area contributed by atoms with Gasteiger partial charge in [-0.25, -0.2) is 0 Å². The lowest BCUT2D eigenvalue weighted by molar-refractivity contribution is 0.221. The van der Waals surface area contributed by atoms with Gasteiger partial charge in [-0.15, -0.1) is 0 Å². The highest BCUT2D eigenvalue weighted by Crippen LogP contribution is 2.54. The maximum atomic E-state index is 6.19. The Kier molecular flexibility index (Phi) is 3.13. The molecule has 0 unspecified atom stereocenters. The van der Waals surface area contributed by atoms with Gasteiger partial charge >= 0.3 is 0 Å². The van der Waals surface area contributed by atoms with E-state index in [9.17, 15) is 0 Å². The number of hydrogen-bond acceptors (Lipinski definition) is 0. The molecule has 2 aliphatic rings. The average molecular weight is 269 g/mol. The highest BCUT2D eigenvalue weighted by Gasteiger charge is 2.45. The zero-order valence-electron chi connectivity index (χ0n) is 10.0. The smallest absolute Gasteiger partial charge is 0.0595 e. The van der Waals surface area contributed by atoms with Crippen LogP contribution in [0.25, 0.3) is 0 Å². The Hall–Kier alpha value is -0.200. The Morgan fingerprint density at radius 1 is 0.941 bits per heavy atom. The van der Waals surface area contributed by atoms with Crippen LogP contribution in [-0.2, 0) is 5.41 Å². The van der Waals surface area contributed by atoms with Gasteiger partial charge in [-0.1, -0.05) is 48.5 Å². The van der Waals surface area contributed by atoms with Gasteiger partial charge in [0, 0.05) is 0 Å². The second-order valence-corrected chi connectivity index (χ2v) is 6.43. The van der Waals surface area contributed by atoms with Crippen molar-refractivity contribution in [2.75, 3.05) is 0 Å². The molecule has 0 N–H and O–H groups in total. The van der Waals surface area contributed by atoms with E-state index in [0.29, 0.717) is 10.4 Å². The molecule has 1 aromatic rings. The largest absolute Gasteiger partial charge is 0.0827 e. The van der Waals surface area contributed by atoms with Crippen LogP contribution >= 0.6 is 23.2 Å². The van der Waals surface area contributed by atoms with E-state index in [0.717, 1.165) is 10.9 Å². The summed E-state index contributed by atoms with van der Waals surface area (Å²) >= 11 is 12.2. The lowest BCUT2D eigenvalue weighted by Gasteiger charge is -2.40. The summed E-state index contributed by atoms with van der Waals surface area (Å²) < 4.78 is 0. The highest BCUT2D eigenvalue weighted by molar-refractivity contribution is 6.42. The maximum Gasteiger partial charge on any atom is 0.0595 e. The van der Waals surface area contributed by atoms with Gasteiger partial charge in [-0.05, 0) is 54.7 Å². The molecule has 2 fully saturated rings. The molecule has 0 heterocycles. The SMILES string of the molecule is Clc1ccc([C@@]23CCCC[C@@H]2CCC3)cc1Cl. The molecule has 2 saturated carbocycles. The fraction of sp³-hybridized carbons (Fsp3) is 0.600. The van der Waals surface area contributed by atoms with Crippen LogP contribution in [0, 0.1) is 5.92 Å². The van der Waals surface area contributed by atoms with Crippen molar-refractivity contribution in [3.05, 3.63) is 33.8 Å². The van der Waals surface area contributed by atoms with Crippen LogP contribution in [0.5, 0.6) is 0 Å². The molecule has 0 aliphatic heterocycles. The van der Waals surface area contributed by atoms with Crippen molar-refractivity contribution in [1.29, 1.82) is 0 Å². The van der Waals surface area contributed by atoms with Crippen LogP contribution in [0.15, 0.2) is 18.2 Å². The molecule has 3 rings (SSSR count). The summed E-state index contributed by atoms with van der Waals surface area (Å²) in [5.41, 5.74) is 1.86. The molecule has 17 heavy (non-hydrogen) atoms. The molecule has 0 radical (unpaired) electrons. The van der Waals surface area contributed by atoms with Gasteiger partial charge in [0.05, 0.1) is 10.0 Å². The predicted octanol–water partition coefficient (Wildman–Crippen LogP) is 5.61. The average Bonchev–Trinajstić information content (AvgIpc) is 2.77. The highest BCUT2D eigenvalue weighted by atomic mass is 35.5. The Bertz CT molecular complexity index is 427. The summed E-state index contributed by atoms with van der Waals surface area (Å²) in [5, 5.41) is 1.40. The van der Waals surface area contributed by atoms with Gasteiger partial charge in [0.2, 0.25) is 0 Å². The van der Waals surface area contributed by atoms with E-state index in [4.69, 9.17) is 23.2 Å². The first kappa shape index (κ1) is 11.9.